The second-order valence-corrected chi connectivity index (χ2v) is 9.38. The number of carbonyl (C=O) groups excluding carboxylic acids is 1. The number of aromatic nitrogens is 2. The van der Waals surface area contributed by atoms with Gasteiger partial charge in [-0.25, -0.2) is 9.97 Å². The summed E-state index contributed by atoms with van der Waals surface area (Å²) in [6.45, 7) is 4.77. The summed E-state index contributed by atoms with van der Waals surface area (Å²) in [6, 6.07) is 15.6. The number of fused-ring (bicyclic) bond motifs is 2. The molecule has 0 N–H and O–H groups in total. The zero-order valence-corrected chi connectivity index (χ0v) is 20.0. The molecule has 0 saturated carbocycles. The fourth-order valence-corrected chi connectivity index (χ4v) is 5.01. The van der Waals surface area contributed by atoms with Crippen molar-refractivity contribution in [3.05, 3.63) is 54.4 Å². The molecule has 178 valence electrons. The molecule has 34 heavy (non-hydrogen) atoms. The van der Waals surface area contributed by atoms with Gasteiger partial charge in [-0.05, 0) is 18.2 Å². The van der Waals surface area contributed by atoms with Crippen LogP contribution in [0.3, 0.4) is 0 Å². The molecule has 2 aliphatic heterocycles. The molecule has 3 aromatic rings. The summed E-state index contributed by atoms with van der Waals surface area (Å²) in [6.07, 6.45) is -0.200. The molecule has 2 aliphatic rings. The van der Waals surface area contributed by atoms with Crippen LogP contribution in [0.1, 0.15) is 5.82 Å². The highest BCUT2D eigenvalue weighted by atomic mass is 32.2. The number of morpholine rings is 1. The lowest BCUT2D eigenvalue weighted by Crippen LogP contribution is -2.42. The highest BCUT2D eigenvalue weighted by molar-refractivity contribution is 8.00. The van der Waals surface area contributed by atoms with Crippen LogP contribution in [0.5, 0.6) is 11.5 Å². The predicted molar refractivity (Wildman–Crippen MR) is 130 cm³/mol. The lowest BCUT2D eigenvalue weighted by Gasteiger charge is -2.29. The molecule has 1 fully saturated rings. The van der Waals surface area contributed by atoms with Gasteiger partial charge in [-0.15, -0.1) is 0 Å². The van der Waals surface area contributed by atoms with Gasteiger partial charge in [-0.2, -0.15) is 0 Å². The van der Waals surface area contributed by atoms with E-state index in [1.165, 1.54) is 11.8 Å². The number of amides is 1. The van der Waals surface area contributed by atoms with Crippen LogP contribution in [0, 0.1) is 0 Å². The summed E-state index contributed by atoms with van der Waals surface area (Å²) in [5.41, 5.74) is 0.899. The maximum Gasteiger partial charge on any atom is 0.232 e. The van der Waals surface area contributed by atoms with Crippen LogP contribution in [-0.2, 0) is 16.1 Å². The maximum absolute atomic E-state index is 12.9. The van der Waals surface area contributed by atoms with Crippen LogP contribution in [0.2, 0.25) is 0 Å². The van der Waals surface area contributed by atoms with E-state index in [1.54, 1.807) is 11.9 Å². The van der Waals surface area contributed by atoms with E-state index >= 15 is 0 Å². The van der Waals surface area contributed by atoms with Gasteiger partial charge in [-0.1, -0.05) is 42.1 Å². The SMILES string of the molecule is CN(CC1COc2ccccc2O1)C(=O)CSc1nc(CN2CCOCC2)nc2ccccc12. The molecule has 3 heterocycles. The lowest BCUT2D eigenvalue weighted by molar-refractivity contribution is -0.128. The van der Waals surface area contributed by atoms with Crippen molar-refractivity contribution in [3.63, 3.8) is 0 Å². The minimum absolute atomic E-state index is 0.0184. The Morgan fingerprint density at radius 3 is 2.71 bits per heavy atom. The summed E-state index contributed by atoms with van der Waals surface area (Å²) in [5, 5.41) is 1.80. The van der Waals surface area contributed by atoms with Gasteiger partial charge in [0, 0.05) is 25.5 Å². The Labute approximate surface area is 203 Å². The minimum atomic E-state index is -0.200. The van der Waals surface area contributed by atoms with Crippen LogP contribution in [0.4, 0.5) is 0 Å². The average Bonchev–Trinajstić information content (AvgIpc) is 2.87. The van der Waals surface area contributed by atoms with E-state index in [1.807, 2.05) is 48.5 Å². The zero-order valence-electron chi connectivity index (χ0n) is 19.2. The molecule has 2 aromatic carbocycles. The molecule has 1 amide bonds. The normalized spacial score (nSPS) is 18.1. The Morgan fingerprint density at radius 2 is 1.85 bits per heavy atom. The van der Waals surface area contributed by atoms with E-state index < -0.39 is 0 Å². The second-order valence-electron chi connectivity index (χ2n) is 8.41. The summed E-state index contributed by atoms with van der Waals surface area (Å²) in [5.74, 6) is 2.54. The Balaban J connectivity index is 1.22. The van der Waals surface area contributed by atoms with Gasteiger partial charge in [0.2, 0.25) is 5.91 Å². The number of rotatable bonds is 7. The van der Waals surface area contributed by atoms with Crippen molar-refractivity contribution in [3.8, 4) is 11.5 Å². The summed E-state index contributed by atoms with van der Waals surface area (Å²) >= 11 is 1.46. The molecule has 0 radical (unpaired) electrons. The van der Waals surface area contributed by atoms with E-state index in [0.717, 1.165) is 53.8 Å². The van der Waals surface area contributed by atoms with Crippen molar-refractivity contribution in [1.82, 2.24) is 19.8 Å². The van der Waals surface area contributed by atoms with Crippen LogP contribution < -0.4 is 9.47 Å². The standard InChI is InChI=1S/C25H28N4O4S/c1-28(14-18-16-32-21-8-4-5-9-22(21)33-18)24(30)17-34-25-19-6-2-3-7-20(19)26-23(27-25)15-29-10-12-31-13-11-29/h2-9,18H,10-17H2,1H3. The number of para-hydroxylation sites is 3. The quantitative estimate of drug-likeness (QED) is 0.378. The lowest BCUT2D eigenvalue weighted by atomic mass is 10.2. The summed E-state index contributed by atoms with van der Waals surface area (Å²) in [7, 11) is 1.80. The third-order valence-electron chi connectivity index (χ3n) is 5.89. The number of hydrogen-bond acceptors (Lipinski definition) is 8. The van der Waals surface area contributed by atoms with Crippen molar-refractivity contribution in [1.29, 1.82) is 0 Å². The third-order valence-corrected chi connectivity index (χ3v) is 6.86. The highest BCUT2D eigenvalue weighted by Gasteiger charge is 2.24. The van der Waals surface area contributed by atoms with Crippen LogP contribution >= 0.6 is 11.8 Å². The minimum Gasteiger partial charge on any atom is -0.486 e. The topological polar surface area (TPSA) is 77.0 Å². The highest BCUT2D eigenvalue weighted by Crippen LogP contribution is 2.31. The van der Waals surface area contributed by atoms with Gasteiger partial charge in [0.25, 0.3) is 0 Å². The van der Waals surface area contributed by atoms with Crippen molar-refractivity contribution in [2.75, 3.05) is 52.3 Å². The first-order valence-corrected chi connectivity index (χ1v) is 12.5. The van der Waals surface area contributed by atoms with Crippen molar-refractivity contribution >= 4 is 28.6 Å². The van der Waals surface area contributed by atoms with Crippen molar-refractivity contribution in [2.24, 2.45) is 0 Å². The molecule has 8 nitrogen and oxygen atoms in total. The molecule has 0 bridgehead atoms. The molecule has 1 saturated heterocycles. The number of carbonyl (C=O) groups is 1. The first kappa shape index (κ1) is 22.9. The Kier molecular flexibility index (Phi) is 7.13. The number of hydrogen-bond donors (Lipinski definition) is 0. The smallest absolute Gasteiger partial charge is 0.232 e. The molecule has 1 atom stereocenters. The number of likely N-dealkylation sites (N-methyl/N-ethyl adjacent to an activating group) is 1. The fourth-order valence-electron chi connectivity index (χ4n) is 4.03. The van der Waals surface area contributed by atoms with Crippen molar-refractivity contribution in [2.45, 2.75) is 17.7 Å². The number of thioether (sulfide) groups is 1. The summed E-state index contributed by atoms with van der Waals surface area (Å²) in [4.78, 5) is 26.5. The van der Waals surface area contributed by atoms with Crippen molar-refractivity contribution < 1.29 is 19.0 Å². The molecule has 1 aromatic heterocycles. The molecule has 9 heteroatoms. The van der Waals surface area contributed by atoms with E-state index in [-0.39, 0.29) is 12.0 Å². The van der Waals surface area contributed by atoms with Gasteiger partial charge in [-0.3, -0.25) is 9.69 Å². The van der Waals surface area contributed by atoms with Crippen LogP contribution in [0.15, 0.2) is 53.6 Å². The number of nitrogens with zero attached hydrogens (tertiary/aromatic N) is 4. The van der Waals surface area contributed by atoms with Gasteiger partial charge in [0.15, 0.2) is 17.6 Å². The number of ether oxygens (including phenoxy) is 3. The monoisotopic (exact) mass is 480 g/mol. The van der Waals surface area contributed by atoms with Gasteiger partial charge < -0.3 is 19.1 Å². The Morgan fingerprint density at radius 1 is 1.09 bits per heavy atom. The first-order valence-electron chi connectivity index (χ1n) is 11.5. The molecular formula is C25H28N4O4S. The molecule has 1 unspecified atom stereocenters. The van der Waals surface area contributed by atoms with E-state index in [4.69, 9.17) is 24.2 Å². The molecule has 5 rings (SSSR count). The van der Waals surface area contributed by atoms with E-state index in [0.29, 0.717) is 31.2 Å². The fraction of sp³-hybridized carbons (Fsp3) is 0.400. The average molecular weight is 481 g/mol. The Bertz CT molecular complexity index is 1150. The maximum atomic E-state index is 12.9. The van der Waals surface area contributed by atoms with Gasteiger partial charge in [0.1, 0.15) is 17.5 Å². The van der Waals surface area contributed by atoms with Gasteiger partial charge in [0.05, 0.1) is 37.6 Å². The first-order chi connectivity index (χ1) is 16.7. The van der Waals surface area contributed by atoms with Crippen LogP contribution in [-0.4, -0.2) is 84.0 Å². The predicted octanol–water partition coefficient (Wildman–Crippen LogP) is 2.85. The third kappa shape index (κ3) is 5.43. The largest absolute Gasteiger partial charge is 0.486 e. The molecular weight excluding hydrogens is 452 g/mol. The number of benzene rings is 2. The van der Waals surface area contributed by atoms with E-state index in [9.17, 15) is 4.79 Å². The summed E-state index contributed by atoms with van der Waals surface area (Å²) < 4.78 is 17.2. The van der Waals surface area contributed by atoms with Gasteiger partial charge >= 0.3 is 0 Å². The van der Waals surface area contributed by atoms with E-state index in [2.05, 4.69) is 4.90 Å². The Hall–Kier alpha value is -2.88. The molecule has 0 aliphatic carbocycles. The zero-order chi connectivity index (χ0) is 23.3. The molecule has 0 spiro atoms. The van der Waals surface area contributed by atoms with Crippen LogP contribution in [0.25, 0.3) is 10.9 Å². The second kappa shape index (κ2) is 10.6.